The normalized spacial score (nSPS) is 11.9. The molecule has 0 aliphatic carbocycles. The van der Waals surface area contributed by atoms with Crippen LogP contribution in [-0.2, 0) is 4.79 Å². The van der Waals surface area contributed by atoms with Crippen LogP contribution in [0.4, 0.5) is 0 Å². The Morgan fingerprint density at radius 1 is 1.21 bits per heavy atom. The van der Waals surface area contributed by atoms with Crippen LogP contribution in [0.1, 0.15) is 22.8 Å². The van der Waals surface area contributed by atoms with E-state index in [1.54, 1.807) is 36.4 Å². The second-order valence-electron chi connectivity index (χ2n) is 4.92. The lowest BCUT2D eigenvalue weighted by atomic mass is 10.2. The molecule has 0 bridgehead atoms. The van der Waals surface area contributed by atoms with Gasteiger partial charge in [-0.3, -0.25) is 4.79 Å². The van der Waals surface area contributed by atoms with E-state index in [2.05, 4.69) is 10.5 Å². The number of hydrogen-bond donors (Lipinski definition) is 3. The van der Waals surface area contributed by atoms with Crippen molar-refractivity contribution in [3.8, 4) is 11.5 Å². The van der Waals surface area contributed by atoms with Crippen molar-refractivity contribution in [1.82, 2.24) is 5.43 Å². The second kappa shape index (κ2) is 7.77. The van der Waals surface area contributed by atoms with E-state index in [1.807, 2.05) is 0 Å². The number of hydrazone groups is 1. The first kappa shape index (κ1) is 17.0. The minimum absolute atomic E-state index is 0.00203. The lowest BCUT2D eigenvalue weighted by Crippen LogP contribution is -2.22. The Labute approximate surface area is 138 Å². The number of nitrogens with one attached hydrogen (secondary N) is 1. The zero-order chi connectivity index (χ0) is 17.5. The maximum absolute atomic E-state index is 11.8. The van der Waals surface area contributed by atoms with Crippen LogP contribution in [0.25, 0.3) is 0 Å². The van der Waals surface area contributed by atoms with Crippen molar-refractivity contribution < 1.29 is 24.5 Å². The van der Waals surface area contributed by atoms with Gasteiger partial charge in [0, 0.05) is 5.56 Å². The van der Waals surface area contributed by atoms with Crippen molar-refractivity contribution in [1.29, 1.82) is 0 Å². The summed E-state index contributed by atoms with van der Waals surface area (Å²) in [7, 11) is 0. The van der Waals surface area contributed by atoms with Crippen molar-refractivity contribution in [3.05, 3.63) is 59.7 Å². The van der Waals surface area contributed by atoms with Crippen LogP contribution in [0.3, 0.4) is 0 Å². The largest absolute Gasteiger partial charge is 0.508 e. The molecule has 2 aromatic carbocycles. The molecular formula is C17H16N2O5. The summed E-state index contributed by atoms with van der Waals surface area (Å²) in [6.07, 6.45) is 0.497. The van der Waals surface area contributed by atoms with E-state index in [0.29, 0.717) is 16.9 Å². The Hall–Kier alpha value is -3.35. The quantitative estimate of drug-likeness (QED) is 0.555. The summed E-state index contributed by atoms with van der Waals surface area (Å²) < 4.78 is 5.21. The highest BCUT2D eigenvalue weighted by molar-refractivity contribution is 5.95. The molecule has 0 aliphatic rings. The molecule has 24 heavy (non-hydrogen) atoms. The van der Waals surface area contributed by atoms with Gasteiger partial charge < -0.3 is 14.9 Å². The average Bonchev–Trinajstić information content (AvgIpc) is 2.56. The molecule has 0 aliphatic heterocycles. The number of carbonyl (C=O) groups excluding carboxylic acids is 1. The Kier molecular flexibility index (Phi) is 5.51. The van der Waals surface area contributed by atoms with E-state index < -0.39 is 18.0 Å². The van der Waals surface area contributed by atoms with Gasteiger partial charge in [-0.15, -0.1) is 0 Å². The summed E-state index contributed by atoms with van der Waals surface area (Å²) in [5, 5.41) is 21.9. The number of carbonyl (C=O) groups is 2. The van der Waals surface area contributed by atoms with Crippen LogP contribution >= 0.6 is 0 Å². The first-order valence-electron chi connectivity index (χ1n) is 7.07. The fraction of sp³-hybridized carbons (Fsp3) is 0.118. The number of amides is 1. The smallest absolute Gasteiger partial charge is 0.344 e. The van der Waals surface area contributed by atoms with Crippen LogP contribution in [0.5, 0.6) is 11.5 Å². The maximum Gasteiger partial charge on any atom is 0.344 e. The van der Waals surface area contributed by atoms with Gasteiger partial charge in [-0.2, -0.15) is 5.10 Å². The highest BCUT2D eigenvalue weighted by atomic mass is 16.5. The molecule has 124 valence electrons. The van der Waals surface area contributed by atoms with E-state index in [-0.39, 0.29) is 5.75 Å². The monoisotopic (exact) mass is 328 g/mol. The topological polar surface area (TPSA) is 108 Å². The lowest BCUT2D eigenvalue weighted by molar-refractivity contribution is -0.144. The summed E-state index contributed by atoms with van der Waals surface area (Å²) in [6, 6.07) is 12.5. The van der Waals surface area contributed by atoms with Gasteiger partial charge >= 0.3 is 5.97 Å². The Bertz CT molecular complexity index is 756. The predicted molar refractivity (Wildman–Crippen MR) is 87.3 cm³/mol. The molecule has 1 amide bonds. The molecule has 0 spiro atoms. The van der Waals surface area contributed by atoms with Crippen molar-refractivity contribution in [3.63, 3.8) is 0 Å². The van der Waals surface area contributed by atoms with E-state index in [1.165, 1.54) is 25.3 Å². The number of aromatic hydroxyl groups is 1. The molecule has 0 heterocycles. The molecule has 3 N–H and O–H groups in total. The Morgan fingerprint density at radius 3 is 2.54 bits per heavy atom. The van der Waals surface area contributed by atoms with Crippen LogP contribution in [0.15, 0.2) is 53.6 Å². The molecule has 0 saturated carbocycles. The fourth-order valence-corrected chi connectivity index (χ4v) is 1.76. The standard InChI is InChI=1S/C17H16N2O5/c1-11(17(22)23)24-15-7-5-12(6-8-15)10-18-19-16(21)13-3-2-4-14(20)9-13/h2-11,20H,1H3,(H,19,21)(H,22,23)/b18-10+/t11-/m1/s1. The SMILES string of the molecule is C[C@@H](Oc1ccc(/C=N/NC(=O)c2cccc(O)c2)cc1)C(=O)O. The zero-order valence-corrected chi connectivity index (χ0v) is 12.8. The van der Waals surface area contributed by atoms with E-state index in [9.17, 15) is 14.7 Å². The lowest BCUT2D eigenvalue weighted by Gasteiger charge is -2.09. The summed E-state index contributed by atoms with van der Waals surface area (Å²) >= 11 is 0. The number of benzene rings is 2. The number of ether oxygens (including phenoxy) is 1. The molecule has 0 saturated heterocycles. The highest BCUT2D eigenvalue weighted by Gasteiger charge is 2.11. The molecule has 0 unspecified atom stereocenters. The number of phenols is 1. The third-order valence-electron chi connectivity index (χ3n) is 3.03. The van der Waals surface area contributed by atoms with Crippen molar-refractivity contribution in [2.24, 2.45) is 5.10 Å². The van der Waals surface area contributed by atoms with Gasteiger partial charge in [-0.25, -0.2) is 10.2 Å². The van der Waals surface area contributed by atoms with Crippen LogP contribution in [0, 0.1) is 0 Å². The minimum atomic E-state index is -1.05. The number of carboxylic acid groups (broad SMARTS) is 1. The van der Waals surface area contributed by atoms with Gasteiger partial charge in [0.25, 0.3) is 5.91 Å². The summed E-state index contributed by atoms with van der Waals surface area (Å²) in [5.74, 6) is -1.07. The van der Waals surface area contributed by atoms with Gasteiger partial charge in [0.15, 0.2) is 6.10 Å². The van der Waals surface area contributed by atoms with Gasteiger partial charge in [0.2, 0.25) is 0 Å². The molecule has 7 nitrogen and oxygen atoms in total. The number of carboxylic acids is 1. The molecular weight excluding hydrogens is 312 g/mol. The van der Waals surface area contributed by atoms with Gasteiger partial charge in [0.05, 0.1) is 6.21 Å². The third-order valence-corrected chi connectivity index (χ3v) is 3.03. The second-order valence-corrected chi connectivity index (χ2v) is 4.92. The predicted octanol–water partition coefficient (Wildman–Crippen LogP) is 2.01. The number of nitrogens with zero attached hydrogens (tertiary/aromatic N) is 1. The van der Waals surface area contributed by atoms with Crippen molar-refractivity contribution >= 4 is 18.1 Å². The summed E-state index contributed by atoms with van der Waals surface area (Å²) in [4.78, 5) is 22.5. The van der Waals surface area contributed by atoms with Crippen molar-refractivity contribution in [2.75, 3.05) is 0 Å². The molecule has 7 heteroatoms. The van der Waals surface area contributed by atoms with Crippen LogP contribution < -0.4 is 10.2 Å². The number of hydrogen-bond acceptors (Lipinski definition) is 5. The minimum Gasteiger partial charge on any atom is -0.508 e. The molecule has 0 radical (unpaired) electrons. The molecule has 0 fully saturated rings. The van der Waals surface area contributed by atoms with E-state index in [0.717, 1.165) is 0 Å². The molecule has 2 rings (SSSR count). The Morgan fingerprint density at radius 2 is 1.92 bits per heavy atom. The third kappa shape index (κ3) is 4.84. The number of aliphatic carboxylic acids is 1. The maximum atomic E-state index is 11.8. The average molecular weight is 328 g/mol. The molecule has 2 aromatic rings. The first-order chi connectivity index (χ1) is 11.5. The van der Waals surface area contributed by atoms with E-state index >= 15 is 0 Å². The van der Waals surface area contributed by atoms with Gasteiger partial charge in [-0.1, -0.05) is 6.07 Å². The summed E-state index contributed by atoms with van der Waals surface area (Å²) in [6.45, 7) is 1.44. The zero-order valence-electron chi connectivity index (χ0n) is 12.8. The number of rotatable bonds is 6. The van der Waals surface area contributed by atoms with E-state index in [4.69, 9.17) is 9.84 Å². The number of phenolic OH excluding ortho intramolecular Hbond substituents is 1. The molecule has 0 aromatic heterocycles. The van der Waals surface area contributed by atoms with Crippen LogP contribution in [-0.4, -0.2) is 34.4 Å². The Balaban J connectivity index is 1.92. The van der Waals surface area contributed by atoms with Crippen molar-refractivity contribution in [2.45, 2.75) is 13.0 Å². The highest BCUT2D eigenvalue weighted by Crippen LogP contribution is 2.13. The van der Waals surface area contributed by atoms with Gasteiger partial charge in [0.1, 0.15) is 11.5 Å². The van der Waals surface area contributed by atoms with Gasteiger partial charge in [-0.05, 0) is 55.0 Å². The van der Waals surface area contributed by atoms with Crippen LogP contribution in [0.2, 0.25) is 0 Å². The molecule has 1 atom stereocenters. The first-order valence-corrected chi connectivity index (χ1v) is 7.07. The fourth-order valence-electron chi connectivity index (χ4n) is 1.76. The summed E-state index contributed by atoms with van der Waals surface area (Å²) in [5.41, 5.74) is 3.33.